The van der Waals surface area contributed by atoms with Crippen molar-refractivity contribution in [3.8, 4) is 0 Å². The summed E-state index contributed by atoms with van der Waals surface area (Å²) in [7, 11) is -1.42. The smallest absolute Gasteiger partial charge is 0.261 e. The Hall–Kier alpha value is -1.58. The van der Waals surface area contributed by atoms with Crippen molar-refractivity contribution in [2.24, 2.45) is 0 Å². The van der Waals surface area contributed by atoms with Crippen LogP contribution in [0.15, 0.2) is 60.7 Å². The lowest BCUT2D eigenvalue weighted by molar-refractivity contribution is -0.293. The van der Waals surface area contributed by atoms with E-state index in [9.17, 15) is 15.3 Å². The summed E-state index contributed by atoms with van der Waals surface area (Å²) in [5.74, 6) is 0. The molecule has 2 aromatic carbocycles. The first kappa shape index (κ1) is 23.1. The first-order valence-electron chi connectivity index (χ1n) is 10.2. The Bertz CT molecular complexity index is 753. The van der Waals surface area contributed by atoms with E-state index in [0.717, 1.165) is 10.4 Å². The maximum atomic E-state index is 10.5. The zero-order valence-corrected chi connectivity index (χ0v) is 18.9. The SMILES string of the molecule is CO[C@@H]1O[C@H](CO[Si](c2ccccc2)(c2ccccc2)C(C)(C)C)[C@H](O)[C@H](O)[C@H]1O. The van der Waals surface area contributed by atoms with E-state index in [2.05, 4.69) is 45.0 Å². The average molecular weight is 433 g/mol. The topological polar surface area (TPSA) is 88.4 Å². The van der Waals surface area contributed by atoms with Crippen molar-refractivity contribution in [3.05, 3.63) is 60.7 Å². The Balaban J connectivity index is 2.00. The summed E-state index contributed by atoms with van der Waals surface area (Å²) in [6.07, 6.45) is -5.86. The molecule has 0 aliphatic carbocycles. The normalized spacial score (nSPS) is 27.8. The number of hydrogen-bond acceptors (Lipinski definition) is 6. The molecule has 3 rings (SSSR count). The van der Waals surface area contributed by atoms with Crippen molar-refractivity contribution in [2.75, 3.05) is 13.7 Å². The second-order valence-electron chi connectivity index (χ2n) is 8.72. The summed E-state index contributed by atoms with van der Waals surface area (Å²) in [6.45, 7) is 6.54. The van der Waals surface area contributed by atoms with E-state index in [1.807, 2.05) is 36.4 Å². The van der Waals surface area contributed by atoms with E-state index < -0.39 is 39.0 Å². The molecule has 1 aliphatic rings. The van der Waals surface area contributed by atoms with Crippen LogP contribution in [0.5, 0.6) is 0 Å². The number of hydrogen-bond donors (Lipinski definition) is 3. The molecular formula is C23H32O6Si. The average Bonchev–Trinajstić information content (AvgIpc) is 2.74. The van der Waals surface area contributed by atoms with Crippen LogP contribution >= 0.6 is 0 Å². The van der Waals surface area contributed by atoms with Crippen LogP contribution in [0.4, 0.5) is 0 Å². The first-order valence-corrected chi connectivity index (χ1v) is 12.1. The molecule has 7 heteroatoms. The molecule has 3 N–H and O–H groups in total. The molecule has 1 fully saturated rings. The quantitative estimate of drug-likeness (QED) is 0.591. The number of aliphatic hydroxyl groups excluding tert-OH is 3. The lowest BCUT2D eigenvalue weighted by Gasteiger charge is -2.45. The molecule has 1 aliphatic heterocycles. The lowest BCUT2D eigenvalue weighted by atomic mass is 9.99. The molecule has 0 amide bonds. The Morgan fingerprint density at radius 2 is 1.33 bits per heavy atom. The van der Waals surface area contributed by atoms with Crippen molar-refractivity contribution < 1.29 is 29.2 Å². The van der Waals surface area contributed by atoms with Gasteiger partial charge in [-0.05, 0) is 15.4 Å². The number of ether oxygens (including phenoxy) is 2. The molecule has 0 aromatic heterocycles. The van der Waals surface area contributed by atoms with E-state index in [-0.39, 0.29) is 11.6 Å². The molecular weight excluding hydrogens is 400 g/mol. The van der Waals surface area contributed by atoms with Crippen LogP contribution in [-0.4, -0.2) is 68.1 Å². The molecule has 0 radical (unpaired) electrons. The first-order chi connectivity index (χ1) is 14.2. The van der Waals surface area contributed by atoms with Crippen LogP contribution in [0.25, 0.3) is 0 Å². The highest BCUT2D eigenvalue weighted by Gasteiger charge is 2.52. The van der Waals surface area contributed by atoms with Gasteiger partial charge in [0.1, 0.15) is 24.4 Å². The predicted molar refractivity (Wildman–Crippen MR) is 117 cm³/mol. The Kier molecular flexibility index (Phi) is 7.14. The fourth-order valence-corrected chi connectivity index (χ4v) is 8.79. The van der Waals surface area contributed by atoms with Crippen molar-refractivity contribution in [2.45, 2.75) is 56.5 Å². The van der Waals surface area contributed by atoms with Crippen LogP contribution in [0.2, 0.25) is 5.04 Å². The fourth-order valence-electron chi connectivity index (χ4n) is 4.22. The highest BCUT2D eigenvalue weighted by atomic mass is 28.4. The van der Waals surface area contributed by atoms with E-state index in [1.165, 1.54) is 7.11 Å². The fraction of sp³-hybridized carbons (Fsp3) is 0.478. The number of methoxy groups -OCH3 is 1. The van der Waals surface area contributed by atoms with Gasteiger partial charge in [-0.15, -0.1) is 0 Å². The maximum Gasteiger partial charge on any atom is 0.261 e. The van der Waals surface area contributed by atoms with Crippen LogP contribution in [0.1, 0.15) is 20.8 Å². The van der Waals surface area contributed by atoms with E-state index in [1.54, 1.807) is 0 Å². The van der Waals surface area contributed by atoms with Gasteiger partial charge in [0.2, 0.25) is 0 Å². The molecule has 1 saturated heterocycles. The summed E-state index contributed by atoms with van der Waals surface area (Å²) in [5.41, 5.74) is 0. The van der Waals surface area contributed by atoms with Crippen molar-refractivity contribution in [1.82, 2.24) is 0 Å². The molecule has 0 bridgehead atoms. The Morgan fingerprint density at radius 1 is 0.833 bits per heavy atom. The summed E-state index contributed by atoms with van der Waals surface area (Å²) >= 11 is 0. The molecule has 0 saturated carbocycles. The van der Waals surface area contributed by atoms with Gasteiger partial charge < -0.3 is 29.2 Å². The largest absolute Gasteiger partial charge is 0.405 e. The zero-order chi connectivity index (χ0) is 21.9. The molecule has 0 spiro atoms. The minimum Gasteiger partial charge on any atom is -0.405 e. The van der Waals surface area contributed by atoms with E-state index in [0.29, 0.717) is 0 Å². The maximum absolute atomic E-state index is 10.5. The van der Waals surface area contributed by atoms with E-state index in [4.69, 9.17) is 13.9 Å². The van der Waals surface area contributed by atoms with Gasteiger partial charge in [-0.1, -0.05) is 81.4 Å². The van der Waals surface area contributed by atoms with Gasteiger partial charge in [0.25, 0.3) is 8.32 Å². The Morgan fingerprint density at radius 3 is 1.77 bits per heavy atom. The third-order valence-electron chi connectivity index (χ3n) is 5.78. The standard InChI is InChI=1S/C23H32O6Si/c1-23(2,3)30(16-11-7-5-8-12-16,17-13-9-6-10-14-17)28-15-18-19(24)20(25)21(26)22(27-4)29-18/h5-14,18-22,24-26H,15H2,1-4H3/t18-,19+,20+,21-,22-/m1/s1. The lowest BCUT2D eigenvalue weighted by Crippen LogP contribution is -2.68. The highest BCUT2D eigenvalue weighted by molar-refractivity contribution is 6.99. The molecule has 0 unspecified atom stereocenters. The number of rotatable bonds is 6. The van der Waals surface area contributed by atoms with Gasteiger partial charge in [0.15, 0.2) is 6.29 Å². The molecule has 2 aromatic rings. The van der Waals surface area contributed by atoms with Gasteiger partial charge in [-0.25, -0.2) is 0 Å². The van der Waals surface area contributed by atoms with Gasteiger partial charge in [0, 0.05) is 7.11 Å². The summed E-state index contributed by atoms with van der Waals surface area (Å²) in [6, 6.07) is 20.3. The van der Waals surface area contributed by atoms with Crippen molar-refractivity contribution >= 4 is 18.7 Å². The third kappa shape index (κ3) is 4.24. The van der Waals surface area contributed by atoms with Gasteiger partial charge in [0.05, 0.1) is 6.61 Å². The minimum atomic E-state index is -2.81. The monoisotopic (exact) mass is 432 g/mol. The zero-order valence-electron chi connectivity index (χ0n) is 17.9. The second kappa shape index (κ2) is 9.28. The van der Waals surface area contributed by atoms with Gasteiger partial charge in [-0.2, -0.15) is 0 Å². The molecule has 1 heterocycles. The molecule has 164 valence electrons. The van der Waals surface area contributed by atoms with E-state index >= 15 is 0 Å². The van der Waals surface area contributed by atoms with Crippen molar-refractivity contribution in [1.29, 1.82) is 0 Å². The Labute approximate surface area is 179 Å². The summed E-state index contributed by atoms with van der Waals surface area (Å²) in [4.78, 5) is 0. The van der Waals surface area contributed by atoms with Crippen molar-refractivity contribution in [3.63, 3.8) is 0 Å². The molecule has 5 atom stereocenters. The summed E-state index contributed by atoms with van der Waals surface area (Å²) < 4.78 is 17.6. The predicted octanol–water partition coefficient (Wildman–Crippen LogP) is 1.02. The minimum absolute atomic E-state index is 0.0537. The van der Waals surface area contributed by atoms with Crippen LogP contribution < -0.4 is 10.4 Å². The number of aliphatic hydroxyl groups is 3. The number of benzene rings is 2. The molecule has 6 nitrogen and oxygen atoms in total. The second-order valence-corrected chi connectivity index (χ2v) is 13.0. The van der Waals surface area contributed by atoms with Crippen LogP contribution in [0.3, 0.4) is 0 Å². The van der Waals surface area contributed by atoms with Crippen LogP contribution in [-0.2, 0) is 13.9 Å². The summed E-state index contributed by atoms with van der Waals surface area (Å²) in [5, 5.41) is 32.8. The highest BCUT2D eigenvalue weighted by Crippen LogP contribution is 2.37. The van der Waals surface area contributed by atoms with Gasteiger partial charge in [-0.3, -0.25) is 0 Å². The van der Waals surface area contributed by atoms with Crippen LogP contribution in [0, 0.1) is 0 Å². The van der Waals surface area contributed by atoms with Gasteiger partial charge >= 0.3 is 0 Å². The third-order valence-corrected chi connectivity index (χ3v) is 10.8. The molecule has 30 heavy (non-hydrogen) atoms.